The standard InChI is InChI=1S/C14H15ClN2OS2/c1-9-16-11(8-19-9)12-3-2-6-17(12)14(18)7-10-4-5-13(15)20-10/h4-5,8,12H,2-3,6-7H2,1H3/t12-/m1/s1. The van der Waals surface area contributed by atoms with Crippen LogP contribution in [-0.4, -0.2) is 22.3 Å². The van der Waals surface area contributed by atoms with Gasteiger partial charge in [0.25, 0.3) is 0 Å². The maximum Gasteiger partial charge on any atom is 0.228 e. The van der Waals surface area contributed by atoms with E-state index in [-0.39, 0.29) is 11.9 Å². The van der Waals surface area contributed by atoms with Crippen LogP contribution in [0.3, 0.4) is 0 Å². The summed E-state index contributed by atoms with van der Waals surface area (Å²) < 4.78 is 0.737. The highest BCUT2D eigenvalue weighted by Gasteiger charge is 2.31. The van der Waals surface area contributed by atoms with Gasteiger partial charge in [0.2, 0.25) is 5.91 Å². The van der Waals surface area contributed by atoms with E-state index in [1.807, 2.05) is 24.0 Å². The number of aromatic nitrogens is 1. The van der Waals surface area contributed by atoms with Crippen LogP contribution in [0, 0.1) is 6.92 Å². The molecule has 0 aromatic carbocycles. The molecule has 0 radical (unpaired) electrons. The van der Waals surface area contributed by atoms with Crippen LogP contribution < -0.4 is 0 Å². The normalized spacial score (nSPS) is 18.7. The Kier molecular flexibility index (Phi) is 4.10. The fraction of sp³-hybridized carbons (Fsp3) is 0.429. The van der Waals surface area contributed by atoms with Crippen molar-refractivity contribution in [2.45, 2.75) is 32.2 Å². The fourth-order valence-corrected chi connectivity index (χ4v) is 4.34. The van der Waals surface area contributed by atoms with Gasteiger partial charge in [-0.3, -0.25) is 4.79 Å². The van der Waals surface area contributed by atoms with E-state index >= 15 is 0 Å². The molecular weight excluding hydrogens is 312 g/mol. The lowest BCUT2D eigenvalue weighted by atomic mass is 10.1. The molecule has 1 saturated heterocycles. The van der Waals surface area contributed by atoms with E-state index in [4.69, 9.17) is 11.6 Å². The van der Waals surface area contributed by atoms with Gasteiger partial charge in [0.15, 0.2) is 0 Å². The zero-order chi connectivity index (χ0) is 14.1. The molecular formula is C14H15ClN2OS2. The topological polar surface area (TPSA) is 33.2 Å². The SMILES string of the molecule is Cc1nc([C@H]2CCCN2C(=O)Cc2ccc(Cl)s2)cs1. The van der Waals surface area contributed by atoms with Crippen molar-refractivity contribution in [2.24, 2.45) is 0 Å². The Morgan fingerprint density at radius 3 is 3.05 bits per heavy atom. The molecule has 2 aromatic heterocycles. The molecule has 1 aliphatic heterocycles. The van der Waals surface area contributed by atoms with E-state index < -0.39 is 0 Å². The minimum absolute atomic E-state index is 0.155. The molecule has 6 heteroatoms. The molecule has 1 atom stereocenters. The zero-order valence-electron chi connectivity index (χ0n) is 11.1. The second kappa shape index (κ2) is 5.84. The van der Waals surface area contributed by atoms with Crippen molar-refractivity contribution in [1.29, 1.82) is 0 Å². The second-order valence-electron chi connectivity index (χ2n) is 4.92. The molecule has 1 fully saturated rings. The minimum Gasteiger partial charge on any atom is -0.334 e. The summed E-state index contributed by atoms with van der Waals surface area (Å²) in [4.78, 5) is 20.0. The highest BCUT2D eigenvalue weighted by atomic mass is 35.5. The van der Waals surface area contributed by atoms with E-state index in [0.717, 1.165) is 39.3 Å². The van der Waals surface area contributed by atoms with Gasteiger partial charge in [-0.1, -0.05) is 11.6 Å². The first-order chi connectivity index (χ1) is 9.63. The molecule has 106 valence electrons. The summed E-state index contributed by atoms with van der Waals surface area (Å²) in [6.45, 7) is 2.84. The van der Waals surface area contributed by atoms with E-state index in [9.17, 15) is 4.79 Å². The Hall–Kier alpha value is -0.910. The summed E-state index contributed by atoms with van der Waals surface area (Å²) in [7, 11) is 0. The summed E-state index contributed by atoms with van der Waals surface area (Å²) in [6, 6.07) is 3.94. The molecule has 1 amide bonds. The summed E-state index contributed by atoms with van der Waals surface area (Å²) in [5, 5.41) is 3.14. The Morgan fingerprint density at radius 2 is 2.40 bits per heavy atom. The van der Waals surface area contributed by atoms with Crippen molar-refractivity contribution in [3.8, 4) is 0 Å². The molecule has 3 rings (SSSR count). The number of carbonyl (C=O) groups excluding carboxylic acids is 1. The quantitative estimate of drug-likeness (QED) is 0.851. The van der Waals surface area contributed by atoms with Gasteiger partial charge >= 0.3 is 0 Å². The Labute approximate surface area is 131 Å². The number of rotatable bonds is 3. The molecule has 20 heavy (non-hydrogen) atoms. The lowest BCUT2D eigenvalue weighted by molar-refractivity contribution is -0.131. The highest BCUT2D eigenvalue weighted by Crippen LogP contribution is 2.33. The molecule has 3 heterocycles. The van der Waals surface area contributed by atoms with E-state index in [2.05, 4.69) is 10.4 Å². The third-order valence-electron chi connectivity index (χ3n) is 3.51. The third kappa shape index (κ3) is 2.90. The molecule has 0 spiro atoms. The van der Waals surface area contributed by atoms with Crippen molar-refractivity contribution in [3.63, 3.8) is 0 Å². The number of amides is 1. The van der Waals surface area contributed by atoms with Crippen LogP contribution in [0.1, 0.15) is 34.5 Å². The van der Waals surface area contributed by atoms with Crippen LogP contribution >= 0.6 is 34.3 Å². The molecule has 0 saturated carbocycles. The van der Waals surface area contributed by atoms with Crippen LogP contribution in [0.2, 0.25) is 4.34 Å². The lowest BCUT2D eigenvalue weighted by Gasteiger charge is -2.23. The van der Waals surface area contributed by atoms with Gasteiger partial charge in [-0.05, 0) is 31.9 Å². The van der Waals surface area contributed by atoms with E-state index in [1.54, 1.807) is 11.3 Å². The smallest absolute Gasteiger partial charge is 0.228 e. The van der Waals surface area contributed by atoms with Gasteiger partial charge in [0, 0.05) is 16.8 Å². The summed E-state index contributed by atoms with van der Waals surface area (Å²) >= 11 is 9.04. The van der Waals surface area contributed by atoms with E-state index in [1.165, 1.54) is 11.3 Å². The minimum atomic E-state index is 0.155. The number of halogens is 1. The Balaban J connectivity index is 1.73. The van der Waals surface area contributed by atoms with Crippen LogP contribution in [0.25, 0.3) is 0 Å². The zero-order valence-corrected chi connectivity index (χ0v) is 13.5. The number of nitrogens with zero attached hydrogens (tertiary/aromatic N) is 2. The van der Waals surface area contributed by atoms with Gasteiger partial charge in [-0.25, -0.2) is 4.98 Å². The van der Waals surface area contributed by atoms with Gasteiger partial charge in [0.1, 0.15) is 0 Å². The number of hydrogen-bond acceptors (Lipinski definition) is 4. The number of hydrogen-bond donors (Lipinski definition) is 0. The second-order valence-corrected chi connectivity index (χ2v) is 7.78. The molecule has 3 nitrogen and oxygen atoms in total. The molecule has 2 aromatic rings. The lowest BCUT2D eigenvalue weighted by Crippen LogP contribution is -2.31. The van der Waals surface area contributed by atoms with Crippen LogP contribution in [-0.2, 0) is 11.2 Å². The van der Waals surface area contributed by atoms with Crippen LogP contribution in [0.15, 0.2) is 17.5 Å². The van der Waals surface area contributed by atoms with Crippen molar-refractivity contribution >= 4 is 40.2 Å². The average molecular weight is 327 g/mol. The number of carbonyl (C=O) groups is 1. The fourth-order valence-electron chi connectivity index (χ4n) is 2.60. The average Bonchev–Trinajstić information content (AvgIpc) is 3.09. The van der Waals surface area contributed by atoms with Crippen LogP contribution in [0.4, 0.5) is 0 Å². The van der Waals surface area contributed by atoms with Gasteiger partial charge in [-0.2, -0.15) is 0 Å². The van der Waals surface area contributed by atoms with Crippen LogP contribution in [0.5, 0.6) is 0 Å². The van der Waals surface area contributed by atoms with E-state index in [0.29, 0.717) is 6.42 Å². The summed E-state index contributed by atoms with van der Waals surface area (Å²) in [5.41, 5.74) is 1.04. The molecule has 0 aliphatic carbocycles. The van der Waals surface area contributed by atoms with Crippen molar-refractivity contribution in [3.05, 3.63) is 37.4 Å². The van der Waals surface area contributed by atoms with Gasteiger partial charge in [-0.15, -0.1) is 22.7 Å². The summed E-state index contributed by atoms with van der Waals surface area (Å²) in [6.07, 6.45) is 2.51. The Bertz CT molecular complexity index is 622. The number of thiazole rings is 1. The molecule has 0 bridgehead atoms. The Morgan fingerprint density at radius 1 is 1.55 bits per heavy atom. The van der Waals surface area contributed by atoms with Gasteiger partial charge in [0.05, 0.1) is 27.5 Å². The number of thiophene rings is 1. The predicted molar refractivity (Wildman–Crippen MR) is 83.6 cm³/mol. The molecule has 0 unspecified atom stereocenters. The largest absolute Gasteiger partial charge is 0.334 e. The van der Waals surface area contributed by atoms with Crippen molar-refractivity contribution in [1.82, 2.24) is 9.88 Å². The third-order valence-corrected chi connectivity index (χ3v) is 5.53. The predicted octanol–water partition coefficient (Wildman–Crippen LogP) is 4.07. The van der Waals surface area contributed by atoms with Crippen molar-refractivity contribution in [2.75, 3.05) is 6.54 Å². The monoisotopic (exact) mass is 326 g/mol. The first kappa shape index (κ1) is 14.0. The van der Waals surface area contributed by atoms with Crippen molar-refractivity contribution < 1.29 is 4.79 Å². The first-order valence-corrected chi connectivity index (χ1v) is 8.66. The summed E-state index contributed by atoms with van der Waals surface area (Å²) in [5.74, 6) is 0.177. The molecule has 1 aliphatic rings. The number of aryl methyl sites for hydroxylation is 1. The highest BCUT2D eigenvalue weighted by molar-refractivity contribution is 7.16. The molecule has 0 N–H and O–H groups in total. The first-order valence-electron chi connectivity index (χ1n) is 6.59. The maximum atomic E-state index is 12.5. The van der Waals surface area contributed by atoms with Gasteiger partial charge < -0.3 is 4.90 Å². The maximum absolute atomic E-state index is 12.5. The number of likely N-dealkylation sites (tertiary alicyclic amines) is 1.